The maximum atomic E-state index is 12.8. The summed E-state index contributed by atoms with van der Waals surface area (Å²) in [6.45, 7) is 3.67. The Bertz CT molecular complexity index is 431. The van der Waals surface area contributed by atoms with Gasteiger partial charge in [-0.3, -0.25) is 4.79 Å². The fraction of sp³-hybridized carbons (Fsp3) is 0.417. The first-order valence-corrected chi connectivity index (χ1v) is 5.16. The van der Waals surface area contributed by atoms with Crippen LogP contribution in [0.1, 0.15) is 35.7 Å². The normalized spacial score (nSPS) is 12.9. The Morgan fingerprint density at radius 2 is 1.44 bits per heavy atom. The summed E-state index contributed by atoms with van der Waals surface area (Å²) in [4.78, 5) is 11.1. The third-order valence-electron chi connectivity index (χ3n) is 2.48. The van der Waals surface area contributed by atoms with Gasteiger partial charge in [-0.1, -0.05) is 38.1 Å². The minimum absolute atomic E-state index is 0.0947. The summed E-state index contributed by atoms with van der Waals surface area (Å²) in [5.74, 6) is -7.49. The molecule has 18 heavy (non-hydrogen) atoms. The van der Waals surface area contributed by atoms with Crippen LogP contribution in [-0.2, 0) is 0 Å². The van der Waals surface area contributed by atoms with Crippen LogP contribution in [0.4, 0.5) is 22.0 Å². The average Bonchev–Trinajstić information content (AvgIpc) is 2.26. The smallest absolute Gasteiger partial charge is 0.287 e. The summed E-state index contributed by atoms with van der Waals surface area (Å²) >= 11 is 0. The van der Waals surface area contributed by atoms with Gasteiger partial charge in [0, 0.05) is 5.56 Å². The molecule has 0 aromatic heterocycles. The first kappa shape index (κ1) is 14.6. The fourth-order valence-corrected chi connectivity index (χ4v) is 1.33. The minimum atomic E-state index is -5.87. The van der Waals surface area contributed by atoms with Crippen molar-refractivity contribution >= 4 is 5.78 Å². The molecular weight excluding hydrogens is 255 g/mol. The zero-order chi connectivity index (χ0) is 14.1. The third-order valence-corrected chi connectivity index (χ3v) is 2.48. The van der Waals surface area contributed by atoms with E-state index in [0.29, 0.717) is 0 Å². The molecule has 1 aromatic carbocycles. The molecule has 100 valence electrons. The van der Waals surface area contributed by atoms with E-state index in [0.717, 1.165) is 17.7 Å². The highest BCUT2D eigenvalue weighted by Crippen LogP contribution is 2.38. The molecule has 0 aliphatic carbocycles. The number of hydrogen-bond donors (Lipinski definition) is 0. The highest BCUT2D eigenvalue weighted by molar-refractivity contribution is 6.01. The van der Waals surface area contributed by atoms with E-state index in [-0.39, 0.29) is 5.92 Å². The van der Waals surface area contributed by atoms with E-state index in [9.17, 15) is 26.7 Å². The van der Waals surface area contributed by atoms with Crippen molar-refractivity contribution < 1.29 is 26.7 Å². The summed E-state index contributed by atoms with van der Waals surface area (Å²) < 4.78 is 61.6. The van der Waals surface area contributed by atoms with Crippen molar-refractivity contribution in [2.75, 3.05) is 0 Å². The van der Waals surface area contributed by atoms with Crippen LogP contribution in [0.5, 0.6) is 0 Å². The lowest BCUT2D eigenvalue weighted by molar-refractivity contribution is -0.255. The SMILES string of the molecule is CC(C)c1ccc(C(=O)C(F)(F)C(F)(F)F)cc1. The first-order chi connectivity index (χ1) is 8.07. The predicted molar refractivity (Wildman–Crippen MR) is 55.9 cm³/mol. The van der Waals surface area contributed by atoms with Crippen LogP contribution in [0.3, 0.4) is 0 Å². The van der Waals surface area contributed by atoms with Gasteiger partial charge in [0.2, 0.25) is 5.78 Å². The lowest BCUT2D eigenvalue weighted by Crippen LogP contribution is -2.44. The van der Waals surface area contributed by atoms with Crippen molar-refractivity contribution in [1.82, 2.24) is 0 Å². The Hall–Kier alpha value is -1.46. The number of hydrogen-bond acceptors (Lipinski definition) is 1. The van der Waals surface area contributed by atoms with Gasteiger partial charge in [0.05, 0.1) is 0 Å². The minimum Gasteiger partial charge on any atom is -0.287 e. The van der Waals surface area contributed by atoms with E-state index >= 15 is 0 Å². The van der Waals surface area contributed by atoms with Crippen molar-refractivity contribution in [3.05, 3.63) is 35.4 Å². The lowest BCUT2D eigenvalue weighted by atomic mass is 9.98. The van der Waals surface area contributed by atoms with Crippen LogP contribution in [0.2, 0.25) is 0 Å². The second-order valence-corrected chi connectivity index (χ2v) is 4.18. The number of carbonyl (C=O) groups excluding carboxylic acids is 1. The number of carbonyl (C=O) groups is 1. The quantitative estimate of drug-likeness (QED) is 0.592. The Morgan fingerprint density at radius 1 is 1.00 bits per heavy atom. The van der Waals surface area contributed by atoms with Gasteiger partial charge >= 0.3 is 12.1 Å². The number of alkyl halides is 5. The molecule has 0 saturated carbocycles. The number of halogens is 5. The molecule has 0 aliphatic heterocycles. The summed E-state index contributed by atoms with van der Waals surface area (Å²) in [5.41, 5.74) is 0.101. The van der Waals surface area contributed by atoms with Crippen molar-refractivity contribution in [2.24, 2.45) is 0 Å². The Labute approximate surface area is 101 Å². The lowest BCUT2D eigenvalue weighted by Gasteiger charge is -2.18. The van der Waals surface area contributed by atoms with E-state index in [1.165, 1.54) is 12.1 Å². The summed E-state index contributed by atoms with van der Waals surface area (Å²) in [7, 11) is 0. The monoisotopic (exact) mass is 266 g/mol. The Balaban J connectivity index is 3.05. The van der Waals surface area contributed by atoms with Gasteiger partial charge < -0.3 is 0 Å². The van der Waals surface area contributed by atoms with E-state index in [1.807, 2.05) is 13.8 Å². The van der Waals surface area contributed by atoms with Gasteiger partial charge in [-0.05, 0) is 11.5 Å². The molecule has 1 aromatic rings. The van der Waals surface area contributed by atoms with Crippen LogP contribution in [0.15, 0.2) is 24.3 Å². The predicted octanol–water partition coefficient (Wildman–Crippen LogP) is 4.19. The van der Waals surface area contributed by atoms with Crippen LogP contribution in [0.25, 0.3) is 0 Å². The molecule has 0 amide bonds. The molecule has 6 heteroatoms. The molecule has 1 rings (SSSR count). The van der Waals surface area contributed by atoms with E-state index < -0.39 is 23.4 Å². The van der Waals surface area contributed by atoms with Crippen molar-refractivity contribution in [1.29, 1.82) is 0 Å². The summed E-state index contributed by atoms with van der Waals surface area (Å²) in [6.07, 6.45) is -5.87. The molecule has 1 nitrogen and oxygen atoms in total. The maximum absolute atomic E-state index is 12.8. The van der Waals surface area contributed by atoms with Gasteiger partial charge in [0.25, 0.3) is 0 Å². The fourth-order valence-electron chi connectivity index (χ4n) is 1.33. The van der Waals surface area contributed by atoms with Gasteiger partial charge in [-0.25, -0.2) is 0 Å². The molecule has 0 spiro atoms. The second kappa shape index (κ2) is 4.66. The number of ketones is 1. The molecule has 0 aliphatic rings. The number of rotatable bonds is 3. The average molecular weight is 266 g/mol. The molecule has 0 radical (unpaired) electrons. The molecule has 0 bridgehead atoms. The van der Waals surface area contributed by atoms with Gasteiger partial charge in [0.1, 0.15) is 0 Å². The van der Waals surface area contributed by atoms with Crippen molar-refractivity contribution in [2.45, 2.75) is 31.9 Å². The highest BCUT2D eigenvalue weighted by atomic mass is 19.4. The van der Waals surface area contributed by atoms with E-state index in [4.69, 9.17) is 0 Å². The maximum Gasteiger partial charge on any atom is 0.461 e. The molecule has 0 saturated heterocycles. The zero-order valence-electron chi connectivity index (χ0n) is 9.68. The third kappa shape index (κ3) is 2.68. The van der Waals surface area contributed by atoms with E-state index in [2.05, 4.69) is 0 Å². The standard InChI is InChI=1S/C12H11F5O/c1-7(2)8-3-5-9(6-4-8)10(18)11(13,14)12(15,16)17/h3-7H,1-2H3. The summed E-state index contributed by atoms with van der Waals surface area (Å²) in [5, 5.41) is 0. The van der Waals surface area contributed by atoms with Crippen LogP contribution in [-0.4, -0.2) is 17.9 Å². The molecule has 0 heterocycles. The molecular formula is C12H11F5O. The first-order valence-electron chi connectivity index (χ1n) is 5.16. The molecule has 0 atom stereocenters. The van der Waals surface area contributed by atoms with Gasteiger partial charge in [0.15, 0.2) is 0 Å². The van der Waals surface area contributed by atoms with Crippen molar-refractivity contribution in [3.63, 3.8) is 0 Å². The van der Waals surface area contributed by atoms with Crippen LogP contribution < -0.4 is 0 Å². The molecule has 0 unspecified atom stereocenters. The summed E-state index contributed by atoms with van der Waals surface area (Å²) in [6, 6.07) is 4.70. The van der Waals surface area contributed by atoms with E-state index in [1.54, 1.807) is 0 Å². The van der Waals surface area contributed by atoms with Crippen LogP contribution in [0, 0.1) is 0 Å². The Morgan fingerprint density at radius 3 is 1.78 bits per heavy atom. The van der Waals surface area contributed by atoms with Gasteiger partial charge in [-0.15, -0.1) is 0 Å². The second-order valence-electron chi connectivity index (χ2n) is 4.18. The highest BCUT2D eigenvalue weighted by Gasteiger charge is 2.63. The molecule has 0 fully saturated rings. The van der Waals surface area contributed by atoms with Crippen molar-refractivity contribution in [3.8, 4) is 0 Å². The van der Waals surface area contributed by atoms with Crippen LogP contribution >= 0.6 is 0 Å². The number of Topliss-reactive ketones (excluding diaryl/α,β-unsaturated/α-hetero) is 1. The topological polar surface area (TPSA) is 17.1 Å². The molecule has 0 N–H and O–H groups in total. The largest absolute Gasteiger partial charge is 0.461 e. The Kier molecular flexibility index (Phi) is 3.78. The zero-order valence-corrected chi connectivity index (χ0v) is 9.68. The van der Waals surface area contributed by atoms with Gasteiger partial charge in [-0.2, -0.15) is 22.0 Å². The number of benzene rings is 1.